The fourth-order valence-electron chi connectivity index (χ4n) is 3.07. The third-order valence-electron chi connectivity index (χ3n) is 4.46. The van der Waals surface area contributed by atoms with Crippen LogP contribution < -0.4 is 10.6 Å². The molecule has 0 aromatic carbocycles. The largest absolute Gasteiger partial charge is 0.451 e. The lowest BCUT2D eigenvalue weighted by Gasteiger charge is -2.27. The number of nitrogens with one attached hydrogen (secondary N) is 2. The second-order valence-electron chi connectivity index (χ2n) is 6.56. The van der Waals surface area contributed by atoms with Crippen molar-refractivity contribution in [3.05, 3.63) is 41.4 Å². The number of alkyl halides is 5. The molecule has 12 heteroatoms. The zero-order chi connectivity index (χ0) is 20.4. The second kappa shape index (κ2) is 9.12. The number of anilines is 1. The van der Waals surface area contributed by atoms with E-state index in [4.69, 9.17) is 0 Å². The van der Waals surface area contributed by atoms with Gasteiger partial charge >= 0.3 is 6.18 Å². The van der Waals surface area contributed by atoms with Gasteiger partial charge in [-0.3, -0.25) is 0 Å². The van der Waals surface area contributed by atoms with Gasteiger partial charge in [0.15, 0.2) is 0 Å². The Morgan fingerprint density at radius 1 is 1.10 bits per heavy atom. The van der Waals surface area contributed by atoms with E-state index < -0.39 is 24.5 Å². The SMILES string of the molecule is Cc1ncc(C(F)(F)CNc2ccnc(C(F)(F)F)n2)c(C2CCNCC2)n1.Cl. The van der Waals surface area contributed by atoms with E-state index in [9.17, 15) is 22.0 Å². The maximum absolute atomic E-state index is 14.9. The molecule has 2 N–H and O–H groups in total. The van der Waals surface area contributed by atoms with E-state index in [0.29, 0.717) is 37.4 Å². The van der Waals surface area contributed by atoms with Crippen LogP contribution in [0.15, 0.2) is 18.5 Å². The van der Waals surface area contributed by atoms with Crippen molar-refractivity contribution < 1.29 is 22.0 Å². The molecule has 0 aliphatic carbocycles. The molecule has 3 heterocycles. The molecule has 3 rings (SSSR count). The van der Waals surface area contributed by atoms with Gasteiger partial charge in [0.1, 0.15) is 11.6 Å². The van der Waals surface area contributed by atoms with Crippen LogP contribution in [0.2, 0.25) is 0 Å². The Morgan fingerprint density at radius 2 is 1.79 bits per heavy atom. The summed E-state index contributed by atoms with van der Waals surface area (Å²) in [5, 5.41) is 5.44. The van der Waals surface area contributed by atoms with Gasteiger partial charge in [0, 0.05) is 18.3 Å². The van der Waals surface area contributed by atoms with E-state index in [-0.39, 0.29) is 29.7 Å². The molecule has 1 aliphatic rings. The Labute approximate surface area is 170 Å². The van der Waals surface area contributed by atoms with Crippen molar-refractivity contribution in [2.75, 3.05) is 25.0 Å². The number of aromatic nitrogens is 4. The molecular formula is C17H20ClF5N6. The van der Waals surface area contributed by atoms with Crippen LogP contribution in [-0.4, -0.2) is 39.6 Å². The van der Waals surface area contributed by atoms with Crippen LogP contribution >= 0.6 is 12.4 Å². The molecule has 0 bridgehead atoms. The van der Waals surface area contributed by atoms with Crippen LogP contribution in [0, 0.1) is 6.92 Å². The zero-order valence-electron chi connectivity index (χ0n) is 15.4. The van der Waals surface area contributed by atoms with Crippen LogP contribution in [0.4, 0.5) is 27.8 Å². The first-order valence-electron chi connectivity index (χ1n) is 8.73. The molecule has 0 radical (unpaired) electrons. The Bertz CT molecular complexity index is 826. The van der Waals surface area contributed by atoms with Gasteiger partial charge in [-0.15, -0.1) is 12.4 Å². The van der Waals surface area contributed by atoms with Crippen LogP contribution in [-0.2, 0) is 12.1 Å². The van der Waals surface area contributed by atoms with E-state index >= 15 is 0 Å². The fourth-order valence-corrected chi connectivity index (χ4v) is 3.07. The number of nitrogens with zero attached hydrogens (tertiary/aromatic N) is 4. The molecule has 0 atom stereocenters. The second-order valence-corrected chi connectivity index (χ2v) is 6.56. The van der Waals surface area contributed by atoms with Crippen molar-refractivity contribution in [2.45, 2.75) is 37.8 Å². The van der Waals surface area contributed by atoms with E-state index in [2.05, 4.69) is 30.6 Å². The average Bonchev–Trinajstić information content (AvgIpc) is 2.66. The summed E-state index contributed by atoms with van der Waals surface area (Å²) in [6.45, 7) is 2.10. The fraction of sp³-hybridized carbons (Fsp3) is 0.529. The minimum atomic E-state index is -4.76. The lowest BCUT2D eigenvalue weighted by molar-refractivity contribution is -0.144. The van der Waals surface area contributed by atoms with Gasteiger partial charge in [0.2, 0.25) is 5.82 Å². The Balaban J connectivity index is 0.00000300. The third kappa shape index (κ3) is 5.69. The van der Waals surface area contributed by atoms with Crippen molar-refractivity contribution in [3.8, 4) is 0 Å². The van der Waals surface area contributed by atoms with Gasteiger partial charge in [-0.05, 0) is 38.9 Å². The first-order valence-corrected chi connectivity index (χ1v) is 8.73. The molecule has 0 spiro atoms. The first-order chi connectivity index (χ1) is 13.2. The van der Waals surface area contributed by atoms with E-state index in [0.717, 1.165) is 18.5 Å². The highest BCUT2D eigenvalue weighted by molar-refractivity contribution is 5.85. The molecule has 1 saturated heterocycles. The average molecular weight is 439 g/mol. The Hall–Kier alpha value is -2.14. The maximum atomic E-state index is 14.9. The van der Waals surface area contributed by atoms with Crippen molar-refractivity contribution in [1.82, 2.24) is 25.3 Å². The summed E-state index contributed by atoms with van der Waals surface area (Å²) >= 11 is 0. The van der Waals surface area contributed by atoms with Gasteiger partial charge in [-0.1, -0.05) is 0 Å². The zero-order valence-corrected chi connectivity index (χ0v) is 16.2. The molecule has 0 amide bonds. The van der Waals surface area contributed by atoms with Crippen molar-refractivity contribution in [3.63, 3.8) is 0 Å². The van der Waals surface area contributed by atoms with Crippen molar-refractivity contribution in [1.29, 1.82) is 0 Å². The number of halogens is 6. The van der Waals surface area contributed by atoms with Crippen molar-refractivity contribution >= 4 is 18.2 Å². The number of piperidine rings is 1. The predicted molar refractivity (Wildman–Crippen MR) is 98.3 cm³/mol. The maximum Gasteiger partial charge on any atom is 0.451 e. The van der Waals surface area contributed by atoms with Crippen LogP contribution in [0.3, 0.4) is 0 Å². The summed E-state index contributed by atoms with van der Waals surface area (Å²) in [6, 6.07) is 1.10. The van der Waals surface area contributed by atoms with Gasteiger partial charge < -0.3 is 10.6 Å². The predicted octanol–water partition coefficient (Wildman–Crippen LogP) is 3.69. The highest BCUT2D eigenvalue weighted by Crippen LogP contribution is 2.36. The number of rotatable bonds is 5. The molecule has 2 aromatic heterocycles. The molecule has 1 fully saturated rings. The van der Waals surface area contributed by atoms with Crippen molar-refractivity contribution in [2.24, 2.45) is 0 Å². The highest BCUT2D eigenvalue weighted by atomic mass is 35.5. The highest BCUT2D eigenvalue weighted by Gasteiger charge is 2.38. The summed E-state index contributed by atoms with van der Waals surface area (Å²) in [7, 11) is 0. The first kappa shape index (κ1) is 23.1. The Kier molecular flexibility index (Phi) is 7.28. The topological polar surface area (TPSA) is 75.6 Å². The van der Waals surface area contributed by atoms with E-state index in [1.807, 2.05) is 0 Å². The van der Waals surface area contributed by atoms with Gasteiger partial charge in [-0.2, -0.15) is 22.0 Å². The van der Waals surface area contributed by atoms with Crippen LogP contribution in [0.5, 0.6) is 0 Å². The summed E-state index contributed by atoms with van der Waals surface area (Å²) in [5.74, 6) is -4.85. The quantitative estimate of drug-likeness (QED) is 0.693. The molecule has 0 saturated carbocycles. The number of hydrogen-bond acceptors (Lipinski definition) is 6. The summed E-state index contributed by atoms with van der Waals surface area (Å²) in [5.41, 5.74) is -0.0259. The molecule has 1 aliphatic heterocycles. The van der Waals surface area contributed by atoms with Gasteiger partial charge in [0.05, 0.1) is 17.8 Å². The minimum Gasteiger partial charge on any atom is -0.364 e. The molecule has 2 aromatic rings. The van der Waals surface area contributed by atoms with E-state index in [1.165, 1.54) is 0 Å². The summed E-state index contributed by atoms with van der Waals surface area (Å²) < 4.78 is 67.8. The minimum absolute atomic E-state index is 0. The van der Waals surface area contributed by atoms with Gasteiger partial charge in [-0.25, -0.2) is 19.9 Å². The van der Waals surface area contributed by atoms with Crippen LogP contribution in [0.25, 0.3) is 0 Å². The molecule has 0 unspecified atom stereocenters. The molecule has 6 nitrogen and oxygen atoms in total. The number of hydrogen-bond donors (Lipinski definition) is 2. The summed E-state index contributed by atoms with van der Waals surface area (Å²) in [4.78, 5) is 14.5. The molecular weight excluding hydrogens is 419 g/mol. The summed E-state index contributed by atoms with van der Waals surface area (Å²) in [6.07, 6.45) is -1.44. The lowest BCUT2D eigenvalue weighted by atomic mass is 9.90. The third-order valence-corrected chi connectivity index (χ3v) is 4.46. The lowest BCUT2D eigenvalue weighted by Crippen LogP contribution is -2.31. The van der Waals surface area contributed by atoms with E-state index in [1.54, 1.807) is 6.92 Å². The Morgan fingerprint density at radius 3 is 2.45 bits per heavy atom. The normalized spacial score (nSPS) is 15.7. The molecule has 29 heavy (non-hydrogen) atoms. The monoisotopic (exact) mass is 438 g/mol. The number of aryl methyl sites for hydroxylation is 1. The molecule has 160 valence electrons. The van der Waals surface area contributed by atoms with Crippen LogP contribution in [0.1, 0.15) is 41.7 Å². The smallest absolute Gasteiger partial charge is 0.364 e. The van der Waals surface area contributed by atoms with Gasteiger partial charge in [0.25, 0.3) is 5.92 Å². The standard InChI is InChI=1S/C17H19F5N6.ClH/c1-10-25-8-12(14(27-10)11-2-5-23-6-3-11)16(18,19)9-26-13-4-7-24-15(28-13)17(20,21)22;/h4,7-8,11,23H,2-3,5-6,9H2,1H3,(H,24,26,28);1H.